The van der Waals surface area contributed by atoms with Gasteiger partial charge < -0.3 is 25.5 Å². The first-order valence-electron chi connectivity index (χ1n) is 11.9. The van der Waals surface area contributed by atoms with Crippen LogP contribution in [-0.2, 0) is 4.79 Å². The monoisotopic (exact) mass is 430 g/mol. The maximum Gasteiger partial charge on any atom is 0.309 e. The lowest BCUT2D eigenvalue weighted by Crippen LogP contribution is -2.39. The minimum atomic E-state index is -1.33. The summed E-state index contributed by atoms with van der Waals surface area (Å²) in [6.07, 6.45) is 15.9. The second kappa shape index (κ2) is 18.8. The highest BCUT2D eigenvalue weighted by molar-refractivity contribution is 5.74. The summed E-state index contributed by atoms with van der Waals surface area (Å²) in [4.78, 5) is 11.9. The zero-order valence-corrected chi connectivity index (χ0v) is 19.0. The molecule has 0 radical (unpaired) electrons. The van der Waals surface area contributed by atoms with Gasteiger partial charge >= 0.3 is 5.97 Å². The Hall–Kier alpha value is -0.950. The van der Waals surface area contributed by atoms with Crippen LogP contribution < -0.4 is 0 Å². The molecule has 0 aliphatic carbocycles. The first-order valence-corrected chi connectivity index (χ1v) is 11.9. The van der Waals surface area contributed by atoms with Crippen LogP contribution in [0.25, 0.3) is 0 Å². The molecule has 0 fully saturated rings. The average molecular weight is 431 g/mol. The normalized spacial score (nSPS) is 15.9. The van der Waals surface area contributed by atoms with E-state index in [1.807, 2.05) is 0 Å². The second-order valence-electron chi connectivity index (χ2n) is 8.65. The fourth-order valence-corrected chi connectivity index (χ4v) is 3.96. The van der Waals surface area contributed by atoms with Gasteiger partial charge in [0.15, 0.2) is 0 Å². The van der Waals surface area contributed by atoms with Gasteiger partial charge in [0, 0.05) is 0 Å². The zero-order chi connectivity index (χ0) is 22.7. The Balaban J connectivity index is 4.13. The molecule has 2 unspecified atom stereocenters. The van der Waals surface area contributed by atoms with Crippen molar-refractivity contribution in [3.8, 4) is 0 Å². The summed E-state index contributed by atoms with van der Waals surface area (Å²) in [5, 5.41) is 47.5. The van der Waals surface area contributed by atoms with E-state index in [4.69, 9.17) is 10.2 Å². The molecular weight excluding hydrogens is 384 g/mol. The molecule has 0 rings (SSSR count). The molecule has 5 N–H and O–H groups in total. The van der Waals surface area contributed by atoms with Gasteiger partial charge in [-0.2, -0.15) is 0 Å². The van der Waals surface area contributed by atoms with Gasteiger partial charge in [-0.25, -0.2) is 0 Å². The summed E-state index contributed by atoms with van der Waals surface area (Å²) in [6, 6.07) is 0. The maximum atomic E-state index is 11.9. The Bertz CT molecular complexity index is 425. The number of hydrogen-bond donors (Lipinski definition) is 5. The van der Waals surface area contributed by atoms with E-state index in [2.05, 4.69) is 19.1 Å². The van der Waals surface area contributed by atoms with E-state index in [9.17, 15) is 20.1 Å². The van der Waals surface area contributed by atoms with Crippen LogP contribution in [0.1, 0.15) is 103 Å². The largest absolute Gasteiger partial charge is 0.481 e. The molecule has 0 aromatic carbocycles. The molecule has 0 spiro atoms. The van der Waals surface area contributed by atoms with Crippen LogP contribution in [0.15, 0.2) is 12.2 Å². The van der Waals surface area contributed by atoms with E-state index < -0.39 is 36.8 Å². The van der Waals surface area contributed by atoms with Gasteiger partial charge in [-0.3, -0.25) is 4.79 Å². The molecule has 6 nitrogen and oxygen atoms in total. The third kappa shape index (κ3) is 14.1. The average Bonchev–Trinajstić information content (AvgIpc) is 2.73. The lowest BCUT2D eigenvalue weighted by Gasteiger charge is -2.32. The quantitative estimate of drug-likeness (QED) is 0.138. The molecule has 0 saturated carbocycles. The Morgan fingerprint density at radius 3 is 1.63 bits per heavy atom. The summed E-state index contributed by atoms with van der Waals surface area (Å²) < 4.78 is 0. The third-order valence-corrected chi connectivity index (χ3v) is 5.80. The minimum absolute atomic E-state index is 0.128. The van der Waals surface area contributed by atoms with Gasteiger partial charge in [0.1, 0.15) is 0 Å². The van der Waals surface area contributed by atoms with Gasteiger partial charge in [-0.1, -0.05) is 70.4 Å². The number of carboxylic acid groups (broad SMARTS) is 1. The summed E-state index contributed by atoms with van der Waals surface area (Å²) in [5.74, 6) is -1.10. The van der Waals surface area contributed by atoms with Crippen molar-refractivity contribution >= 4 is 5.97 Å². The summed E-state index contributed by atoms with van der Waals surface area (Å²) >= 11 is 0. The Kier molecular flexibility index (Phi) is 18.2. The summed E-state index contributed by atoms with van der Waals surface area (Å²) in [6.45, 7) is 1.19. The van der Waals surface area contributed by atoms with Gasteiger partial charge in [-0.15, -0.1) is 0 Å². The first kappa shape index (κ1) is 29.1. The van der Waals surface area contributed by atoms with Crippen LogP contribution in [0, 0.1) is 5.41 Å². The van der Waals surface area contributed by atoms with E-state index in [0.29, 0.717) is 12.8 Å². The highest BCUT2D eigenvalue weighted by atomic mass is 16.4. The fourth-order valence-electron chi connectivity index (χ4n) is 3.96. The molecule has 0 bridgehead atoms. The Morgan fingerprint density at radius 2 is 1.20 bits per heavy atom. The number of allylic oxidation sites excluding steroid dienone is 2. The minimum Gasteiger partial charge on any atom is -0.481 e. The Labute approximate surface area is 183 Å². The van der Waals surface area contributed by atoms with Crippen molar-refractivity contribution in [3.05, 3.63) is 12.2 Å². The third-order valence-electron chi connectivity index (χ3n) is 5.80. The SMILES string of the molecule is CCCCCCCCC=CCCCCCCC(CC(O)CO)(CC(O)CO)C(=O)O. The number of aliphatic hydroxyl groups excluding tert-OH is 4. The van der Waals surface area contributed by atoms with Crippen LogP contribution in [-0.4, -0.2) is 56.9 Å². The lowest BCUT2D eigenvalue weighted by atomic mass is 9.73. The molecule has 0 aromatic rings. The zero-order valence-electron chi connectivity index (χ0n) is 19.0. The van der Waals surface area contributed by atoms with Crippen molar-refractivity contribution in [2.24, 2.45) is 5.41 Å². The molecular formula is C24H46O6. The number of hydrogen-bond acceptors (Lipinski definition) is 5. The number of rotatable bonds is 21. The van der Waals surface area contributed by atoms with Crippen molar-refractivity contribution in [2.45, 2.75) is 115 Å². The van der Waals surface area contributed by atoms with Gasteiger partial charge in [0.05, 0.1) is 30.8 Å². The molecule has 0 aliphatic rings. The van der Waals surface area contributed by atoms with E-state index in [0.717, 1.165) is 32.1 Å². The molecule has 0 aliphatic heterocycles. The number of carboxylic acids is 1. The summed E-state index contributed by atoms with van der Waals surface area (Å²) in [5.41, 5.74) is -1.33. The van der Waals surface area contributed by atoms with Crippen molar-refractivity contribution in [1.82, 2.24) is 0 Å². The molecule has 6 heteroatoms. The fraction of sp³-hybridized carbons (Fsp3) is 0.875. The van der Waals surface area contributed by atoms with Crippen LogP contribution >= 0.6 is 0 Å². The molecule has 178 valence electrons. The van der Waals surface area contributed by atoms with E-state index in [-0.39, 0.29) is 12.8 Å². The first-order chi connectivity index (χ1) is 14.4. The van der Waals surface area contributed by atoms with E-state index in [1.54, 1.807) is 0 Å². The van der Waals surface area contributed by atoms with Crippen LogP contribution in [0.2, 0.25) is 0 Å². The number of carbonyl (C=O) groups is 1. The number of aliphatic carboxylic acids is 1. The predicted molar refractivity (Wildman–Crippen MR) is 120 cm³/mol. The van der Waals surface area contributed by atoms with Crippen LogP contribution in [0.4, 0.5) is 0 Å². The van der Waals surface area contributed by atoms with Gasteiger partial charge in [0.25, 0.3) is 0 Å². The Morgan fingerprint density at radius 1 is 0.767 bits per heavy atom. The smallest absolute Gasteiger partial charge is 0.309 e. The van der Waals surface area contributed by atoms with Crippen molar-refractivity contribution in [2.75, 3.05) is 13.2 Å². The lowest BCUT2D eigenvalue weighted by molar-refractivity contribution is -0.155. The maximum absolute atomic E-state index is 11.9. The van der Waals surface area contributed by atoms with Crippen molar-refractivity contribution < 1.29 is 30.3 Å². The number of unbranched alkanes of at least 4 members (excludes halogenated alkanes) is 10. The molecule has 2 atom stereocenters. The van der Waals surface area contributed by atoms with E-state index in [1.165, 1.54) is 38.5 Å². The van der Waals surface area contributed by atoms with Crippen LogP contribution in [0.3, 0.4) is 0 Å². The van der Waals surface area contributed by atoms with Crippen LogP contribution in [0.5, 0.6) is 0 Å². The van der Waals surface area contributed by atoms with Crippen molar-refractivity contribution in [1.29, 1.82) is 0 Å². The molecule has 30 heavy (non-hydrogen) atoms. The second-order valence-corrected chi connectivity index (χ2v) is 8.65. The highest BCUT2D eigenvalue weighted by Gasteiger charge is 2.41. The van der Waals surface area contributed by atoms with Gasteiger partial charge in [-0.05, 0) is 44.9 Å². The van der Waals surface area contributed by atoms with Crippen molar-refractivity contribution in [3.63, 3.8) is 0 Å². The summed E-state index contributed by atoms with van der Waals surface area (Å²) in [7, 11) is 0. The van der Waals surface area contributed by atoms with Gasteiger partial charge in [0.2, 0.25) is 0 Å². The topological polar surface area (TPSA) is 118 Å². The highest BCUT2D eigenvalue weighted by Crippen LogP contribution is 2.36. The molecule has 0 saturated heterocycles. The predicted octanol–water partition coefficient (Wildman–Crippen LogP) is 4.19. The molecule has 0 amide bonds. The number of aliphatic hydroxyl groups is 4. The molecule has 0 heterocycles. The standard InChI is InChI=1S/C24H46O6/c1-2-3-4-5-6-7-8-9-10-11-12-13-14-15-16-24(23(29)30,17-21(27)19-25)18-22(28)20-26/h9-10,21-22,25-28H,2-8,11-20H2,1H3,(H,29,30). The van der Waals surface area contributed by atoms with E-state index >= 15 is 0 Å². The molecule has 0 aromatic heterocycles.